The molecule has 0 bridgehead atoms. The number of aromatic nitrogens is 1. The van der Waals surface area contributed by atoms with Gasteiger partial charge in [-0.15, -0.1) is 0 Å². The van der Waals surface area contributed by atoms with E-state index < -0.39 is 11.6 Å². The highest BCUT2D eigenvalue weighted by molar-refractivity contribution is 5.74. The quantitative estimate of drug-likeness (QED) is 0.894. The van der Waals surface area contributed by atoms with Crippen molar-refractivity contribution in [2.75, 3.05) is 19.6 Å². The van der Waals surface area contributed by atoms with Crippen LogP contribution in [0.4, 0.5) is 0 Å². The van der Waals surface area contributed by atoms with Crippen molar-refractivity contribution in [3.63, 3.8) is 0 Å². The van der Waals surface area contributed by atoms with Crippen LogP contribution in [-0.4, -0.2) is 57.1 Å². The molecule has 5 nitrogen and oxygen atoms in total. The van der Waals surface area contributed by atoms with E-state index in [0.717, 1.165) is 45.4 Å². The summed E-state index contributed by atoms with van der Waals surface area (Å²) in [6, 6.07) is 2.10. The first kappa shape index (κ1) is 18.3. The molecule has 0 saturated carbocycles. The van der Waals surface area contributed by atoms with Crippen molar-refractivity contribution < 1.29 is 9.90 Å². The van der Waals surface area contributed by atoms with Crippen LogP contribution in [0, 0.1) is 12.3 Å². The average Bonchev–Trinajstić information content (AvgIpc) is 2.55. The summed E-state index contributed by atoms with van der Waals surface area (Å²) in [6.45, 7) is 11.4. The molecule has 138 valence electrons. The summed E-state index contributed by atoms with van der Waals surface area (Å²) in [6.07, 6.45) is 6.19. The largest absolute Gasteiger partial charge is 0.391 e. The van der Waals surface area contributed by atoms with E-state index in [1.54, 1.807) is 6.92 Å². The third-order valence-electron chi connectivity index (χ3n) is 6.46. The Bertz CT molecular complexity index is 636. The summed E-state index contributed by atoms with van der Waals surface area (Å²) >= 11 is 0. The maximum absolute atomic E-state index is 12.1. The van der Waals surface area contributed by atoms with Crippen LogP contribution in [0.15, 0.2) is 18.5 Å². The zero-order valence-corrected chi connectivity index (χ0v) is 16.0. The first-order valence-electron chi connectivity index (χ1n) is 9.32. The molecule has 3 heterocycles. The zero-order valence-electron chi connectivity index (χ0n) is 16.0. The standard InChI is InChI=1S/C20H31N3O2/c1-15-12-21-8-5-17(15)13-22-9-6-20(7-10-22)11-18(25)19(3,4)23(14-20)16(2)24/h5,8,12,18,25H,6-7,9-11,13-14H2,1-4H3/t18-/m1/s1. The lowest BCUT2D eigenvalue weighted by Crippen LogP contribution is -2.64. The number of aliphatic hydroxyl groups is 1. The lowest BCUT2D eigenvalue weighted by Gasteiger charge is -2.55. The minimum absolute atomic E-state index is 0.0599. The Morgan fingerprint density at radius 2 is 2.04 bits per heavy atom. The van der Waals surface area contributed by atoms with Gasteiger partial charge < -0.3 is 10.0 Å². The summed E-state index contributed by atoms with van der Waals surface area (Å²) in [5, 5.41) is 10.7. The fourth-order valence-electron chi connectivity index (χ4n) is 4.43. The van der Waals surface area contributed by atoms with Crippen LogP contribution in [0.2, 0.25) is 0 Å². The van der Waals surface area contributed by atoms with Crippen molar-refractivity contribution in [3.05, 3.63) is 29.6 Å². The summed E-state index contributed by atoms with van der Waals surface area (Å²) in [5.41, 5.74) is 2.16. The lowest BCUT2D eigenvalue weighted by molar-refractivity contribution is -0.157. The topological polar surface area (TPSA) is 56.7 Å². The van der Waals surface area contributed by atoms with Crippen LogP contribution in [-0.2, 0) is 11.3 Å². The van der Waals surface area contributed by atoms with Crippen LogP contribution in [0.5, 0.6) is 0 Å². The predicted molar refractivity (Wildman–Crippen MR) is 98.0 cm³/mol. The van der Waals surface area contributed by atoms with Gasteiger partial charge in [0, 0.05) is 32.4 Å². The van der Waals surface area contributed by atoms with E-state index in [9.17, 15) is 9.90 Å². The van der Waals surface area contributed by atoms with E-state index >= 15 is 0 Å². The summed E-state index contributed by atoms with van der Waals surface area (Å²) in [4.78, 5) is 20.7. The molecule has 1 amide bonds. The molecule has 1 aromatic rings. The van der Waals surface area contributed by atoms with Gasteiger partial charge >= 0.3 is 0 Å². The van der Waals surface area contributed by atoms with Crippen molar-refractivity contribution in [1.82, 2.24) is 14.8 Å². The highest BCUT2D eigenvalue weighted by Gasteiger charge is 2.50. The molecule has 0 aliphatic carbocycles. The molecule has 0 radical (unpaired) electrons. The molecule has 2 saturated heterocycles. The molecule has 1 aromatic heterocycles. The van der Waals surface area contributed by atoms with Gasteiger partial charge in [-0.25, -0.2) is 0 Å². The summed E-state index contributed by atoms with van der Waals surface area (Å²) in [7, 11) is 0. The highest BCUT2D eigenvalue weighted by atomic mass is 16.3. The number of carbonyl (C=O) groups is 1. The fourth-order valence-corrected chi connectivity index (χ4v) is 4.43. The number of amides is 1. The van der Waals surface area contributed by atoms with Gasteiger partial charge in [0.2, 0.25) is 5.91 Å². The number of carbonyl (C=O) groups excluding carboxylic acids is 1. The minimum atomic E-state index is -0.470. The van der Waals surface area contributed by atoms with Gasteiger partial charge in [-0.3, -0.25) is 14.7 Å². The van der Waals surface area contributed by atoms with Crippen molar-refractivity contribution in [3.8, 4) is 0 Å². The van der Waals surface area contributed by atoms with Crippen LogP contribution < -0.4 is 0 Å². The first-order chi connectivity index (χ1) is 11.7. The Hall–Kier alpha value is -1.46. The van der Waals surface area contributed by atoms with E-state index in [2.05, 4.69) is 22.9 Å². The normalized spacial score (nSPS) is 26.0. The Morgan fingerprint density at radius 3 is 2.64 bits per heavy atom. The molecule has 5 heteroatoms. The number of aliphatic hydroxyl groups excluding tert-OH is 1. The van der Waals surface area contributed by atoms with Crippen molar-refractivity contribution >= 4 is 5.91 Å². The minimum Gasteiger partial charge on any atom is -0.391 e. The molecule has 0 aromatic carbocycles. The number of hydrogen-bond donors (Lipinski definition) is 1. The molecule has 2 fully saturated rings. The van der Waals surface area contributed by atoms with Crippen molar-refractivity contribution in [2.45, 2.75) is 65.1 Å². The fraction of sp³-hybridized carbons (Fsp3) is 0.700. The number of nitrogens with zero attached hydrogens (tertiary/aromatic N) is 3. The Kier molecular flexibility index (Phi) is 4.91. The maximum atomic E-state index is 12.1. The number of hydrogen-bond acceptors (Lipinski definition) is 4. The third-order valence-corrected chi connectivity index (χ3v) is 6.46. The Labute approximate surface area is 151 Å². The molecule has 0 unspecified atom stereocenters. The molecule has 3 rings (SSSR count). The van der Waals surface area contributed by atoms with Crippen molar-refractivity contribution in [2.24, 2.45) is 5.41 Å². The lowest BCUT2D eigenvalue weighted by atomic mass is 9.67. The summed E-state index contributed by atoms with van der Waals surface area (Å²) < 4.78 is 0. The molecule has 2 aliphatic rings. The first-order valence-corrected chi connectivity index (χ1v) is 9.32. The Balaban J connectivity index is 1.67. The molecule has 1 N–H and O–H groups in total. The van der Waals surface area contributed by atoms with Crippen LogP contribution in [0.1, 0.15) is 51.2 Å². The van der Waals surface area contributed by atoms with Gasteiger partial charge in [-0.05, 0) is 75.7 Å². The molecule has 1 atom stereocenters. The van der Waals surface area contributed by atoms with Gasteiger partial charge in [-0.1, -0.05) is 0 Å². The van der Waals surface area contributed by atoms with Gasteiger partial charge in [0.1, 0.15) is 0 Å². The van der Waals surface area contributed by atoms with Crippen LogP contribution in [0.25, 0.3) is 0 Å². The SMILES string of the molecule is CC(=O)N1CC2(CCN(Cc3ccncc3C)CC2)C[C@@H](O)C1(C)C. The van der Waals surface area contributed by atoms with E-state index in [-0.39, 0.29) is 11.3 Å². The number of pyridine rings is 1. The third kappa shape index (κ3) is 3.58. The van der Waals surface area contributed by atoms with Gasteiger partial charge in [0.25, 0.3) is 0 Å². The summed E-state index contributed by atoms with van der Waals surface area (Å²) in [5.74, 6) is 0.0676. The zero-order chi connectivity index (χ0) is 18.2. The van der Waals surface area contributed by atoms with Crippen molar-refractivity contribution in [1.29, 1.82) is 0 Å². The average molecular weight is 345 g/mol. The smallest absolute Gasteiger partial charge is 0.219 e. The number of likely N-dealkylation sites (tertiary alicyclic amines) is 2. The number of rotatable bonds is 2. The molecule has 2 aliphatic heterocycles. The van der Waals surface area contributed by atoms with Gasteiger partial charge in [-0.2, -0.15) is 0 Å². The maximum Gasteiger partial charge on any atom is 0.219 e. The predicted octanol–water partition coefficient (Wildman–Crippen LogP) is 2.36. The monoisotopic (exact) mass is 345 g/mol. The second-order valence-electron chi connectivity index (χ2n) is 8.56. The van der Waals surface area contributed by atoms with Gasteiger partial charge in [0.15, 0.2) is 0 Å². The van der Waals surface area contributed by atoms with E-state index in [0.29, 0.717) is 0 Å². The second kappa shape index (κ2) is 6.69. The Morgan fingerprint density at radius 1 is 1.36 bits per heavy atom. The van der Waals surface area contributed by atoms with E-state index in [1.165, 1.54) is 11.1 Å². The second-order valence-corrected chi connectivity index (χ2v) is 8.56. The molecular formula is C20H31N3O2. The number of piperidine rings is 2. The molecule has 25 heavy (non-hydrogen) atoms. The van der Waals surface area contributed by atoms with Crippen LogP contribution >= 0.6 is 0 Å². The van der Waals surface area contributed by atoms with E-state index in [4.69, 9.17) is 0 Å². The van der Waals surface area contributed by atoms with E-state index in [1.807, 2.05) is 31.1 Å². The number of aryl methyl sites for hydroxylation is 1. The molecule has 1 spiro atoms. The molecular weight excluding hydrogens is 314 g/mol. The van der Waals surface area contributed by atoms with Crippen LogP contribution in [0.3, 0.4) is 0 Å². The van der Waals surface area contributed by atoms with Gasteiger partial charge in [0.05, 0.1) is 11.6 Å². The highest BCUT2D eigenvalue weighted by Crippen LogP contribution is 2.45.